The Labute approximate surface area is 244 Å². The van der Waals surface area contributed by atoms with Crippen LogP contribution in [0.1, 0.15) is 58.3 Å². The quantitative estimate of drug-likeness (QED) is 0.265. The molecule has 3 N–H and O–H groups in total. The van der Waals surface area contributed by atoms with Crippen molar-refractivity contribution in [1.82, 2.24) is 25.3 Å². The van der Waals surface area contributed by atoms with Crippen LogP contribution in [-0.2, 0) is 22.0 Å². The van der Waals surface area contributed by atoms with E-state index >= 15 is 0 Å². The van der Waals surface area contributed by atoms with Crippen LogP contribution >= 0.6 is 0 Å². The monoisotopic (exact) mass is 591 g/mol. The van der Waals surface area contributed by atoms with Gasteiger partial charge in [-0.25, -0.2) is 13.1 Å². The van der Waals surface area contributed by atoms with Gasteiger partial charge in [-0.3, -0.25) is 19.3 Å². The van der Waals surface area contributed by atoms with Crippen LogP contribution in [0.5, 0.6) is 5.75 Å². The maximum Gasteiger partial charge on any atom is 0.273 e. The van der Waals surface area contributed by atoms with Crippen LogP contribution in [0.3, 0.4) is 0 Å². The number of carbonyl (C=O) groups excluding carboxylic acids is 2. The molecule has 0 radical (unpaired) electrons. The first-order valence-corrected chi connectivity index (χ1v) is 14.9. The van der Waals surface area contributed by atoms with Gasteiger partial charge in [-0.2, -0.15) is 0 Å². The summed E-state index contributed by atoms with van der Waals surface area (Å²) in [5.74, 6) is -0.686. The molecule has 0 aliphatic rings. The van der Waals surface area contributed by atoms with E-state index in [-0.39, 0.29) is 29.1 Å². The molecule has 0 bridgehead atoms. The molecule has 2 aromatic carbocycles. The fraction of sp³-hybridized carbons (Fsp3) is 0.276. The maximum atomic E-state index is 13.4. The Morgan fingerprint density at radius 2 is 1.79 bits per heavy atom. The predicted octanol–water partition coefficient (Wildman–Crippen LogP) is 3.83. The number of nitrogens with zero attached hydrogens (tertiary/aromatic N) is 4. The molecule has 0 aliphatic heterocycles. The van der Waals surface area contributed by atoms with Crippen LogP contribution in [0.25, 0.3) is 5.69 Å². The number of hydrogen-bond donors (Lipinski definition) is 3. The van der Waals surface area contributed by atoms with E-state index in [2.05, 4.69) is 30.7 Å². The van der Waals surface area contributed by atoms with Gasteiger partial charge in [0.25, 0.3) is 11.8 Å². The molecule has 2 amide bonds. The summed E-state index contributed by atoms with van der Waals surface area (Å²) in [6.07, 6.45) is 5.85. The van der Waals surface area contributed by atoms with Gasteiger partial charge in [-0.15, -0.1) is 5.10 Å². The molecule has 4 aromatic rings. The van der Waals surface area contributed by atoms with E-state index in [1.165, 1.54) is 18.0 Å². The SMILES string of the molecule is COc1c(NC(=O)c2ccc(C)c(-n3cc(C(=O)NCc4cccnc4)nn3)c2)cc(C(C)(C)C)cc1NS(C)(=O)=O. The smallest absolute Gasteiger partial charge is 0.273 e. The standard InChI is InChI=1S/C29H33N7O5S/c1-18-9-10-20(12-25(18)36-17-24(33-35-36)28(38)31-16-19-8-7-11-30-15-19)27(37)32-22-13-21(29(2,3)4)14-23(26(22)41-5)34-42(6,39)40/h7-15,17,34H,16H2,1-6H3,(H,31,38)(H,32,37). The second-order valence-electron chi connectivity index (χ2n) is 10.8. The second-order valence-corrected chi connectivity index (χ2v) is 12.5. The number of anilines is 2. The Morgan fingerprint density at radius 3 is 2.43 bits per heavy atom. The molecule has 0 unspecified atom stereocenters. The molecule has 0 fully saturated rings. The van der Waals surface area contributed by atoms with Crippen LogP contribution in [0.4, 0.5) is 11.4 Å². The Balaban J connectivity index is 1.60. The van der Waals surface area contributed by atoms with Crippen molar-refractivity contribution in [3.8, 4) is 11.4 Å². The van der Waals surface area contributed by atoms with E-state index in [9.17, 15) is 18.0 Å². The van der Waals surface area contributed by atoms with Gasteiger partial charge in [-0.05, 0) is 59.4 Å². The number of benzene rings is 2. The number of ether oxygens (including phenoxy) is 1. The number of amides is 2. The summed E-state index contributed by atoms with van der Waals surface area (Å²) in [4.78, 5) is 30.1. The number of methoxy groups -OCH3 is 1. The van der Waals surface area contributed by atoms with Crippen LogP contribution in [-0.4, -0.2) is 53.6 Å². The number of hydrogen-bond acceptors (Lipinski definition) is 8. The summed E-state index contributed by atoms with van der Waals surface area (Å²) in [6, 6.07) is 12.1. The number of aryl methyl sites for hydroxylation is 1. The third-order valence-corrected chi connectivity index (χ3v) is 6.91. The normalized spacial score (nSPS) is 11.6. The molecule has 220 valence electrons. The van der Waals surface area contributed by atoms with Crippen molar-refractivity contribution >= 4 is 33.2 Å². The molecule has 42 heavy (non-hydrogen) atoms. The molecule has 2 aromatic heterocycles. The molecular weight excluding hydrogens is 558 g/mol. The summed E-state index contributed by atoms with van der Waals surface area (Å²) in [6.45, 7) is 8.06. The lowest BCUT2D eigenvalue weighted by Crippen LogP contribution is -2.23. The summed E-state index contributed by atoms with van der Waals surface area (Å²) in [7, 11) is -2.22. The topological polar surface area (TPSA) is 157 Å². The minimum absolute atomic E-state index is 0.114. The summed E-state index contributed by atoms with van der Waals surface area (Å²) < 4.78 is 33.5. The van der Waals surface area contributed by atoms with E-state index in [0.29, 0.717) is 16.9 Å². The number of sulfonamides is 1. The molecule has 0 saturated heterocycles. The third-order valence-electron chi connectivity index (χ3n) is 6.32. The molecule has 0 saturated carbocycles. The van der Waals surface area contributed by atoms with Crippen molar-refractivity contribution in [3.05, 3.63) is 89.0 Å². The average molecular weight is 592 g/mol. The lowest BCUT2D eigenvalue weighted by Gasteiger charge is -2.24. The van der Waals surface area contributed by atoms with Gasteiger partial charge in [-0.1, -0.05) is 38.1 Å². The molecule has 12 nitrogen and oxygen atoms in total. The summed E-state index contributed by atoms with van der Waals surface area (Å²) in [5.41, 5.74) is 3.55. The van der Waals surface area contributed by atoms with Crippen molar-refractivity contribution in [2.24, 2.45) is 0 Å². The van der Waals surface area contributed by atoms with Crippen LogP contribution in [0.15, 0.2) is 61.1 Å². The Bertz CT molecular complexity index is 1730. The Kier molecular flexibility index (Phi) is 8.62. The van der Waals surface area contributed by atoms with Crippen molar-refractivity contribution in [1.29, 1.82) is 0 Å². The minimum atomic E-state index is -3.62. The third kappa shape index (κ3) is 7.29. The molecular formula is C29H33N7O5S. The molecule has 4 rings (SSSR count). The maximum absolute atomic E-state index is 13.4. The summed E-state index contributed by atoms with van der Waals surface area (Å²) in [5, 5.41) is 13.7. The average Bonchev–Trinajstić information content (AvgIpc) is 3.41. The van der Waals surface area contributed by atoms with Crippen LogP contribution < -0.4 is 20.1 Å². The van der Waals surface area contributed by atoms with Gasteiger partial charge in [0.05, 0.1) is 36.6 Å². The van der Waals surface area contributed by atoms with Crippen molar-refractivity contribution in [2.45, 2.75) is 39.7 Å². The number of carbonyl (C=O) groups is 2. The molecule has 0 spiro atoms. The lowest BCUT2D eigenvalue weighted by molar-refractivity contribution is 0.0945. The van der Waals surface area contributed by atoms with Crippen molar-refractivity contribution in [2.75, 3.05) is 23.4 Å². The van der Waals surface area contributed by atoms with Crippen molar-refractivity contribution in [3.63, 3.8) is 0 Å². The first-order chi connectivity index (χ1) is 19.7. The van der Waals surface area contributed by atoms with E-state index < -0.39 is 21.8 Å². The predicted molar refractivity (Wildman–Crippen MR) is 160 cm³/mol. The zero-order valence-corrected chi connectivity index (χ0v) is 25.0. The Hall–Kier alpha value is -4.78. The highest BCUT2D eigenvalue weighted by molar-refractivity contribution is 7.92. The highest BCUT2D eigenvalue weighted by Crippen LogP contribution is 2.39. The van der Waals surface area contributed by atoms with Gasteiger partial charge >= 0.3 is 0 Å². The van der Waals surface area contributed by atoms with E-state index in [4.69, 9.17) is 4.74 Å². The number of aromatic nitrogens is 4. The van der Waals surface area contributed by atoms with Gasteiger partial charge in [0, 0.05) is 24.5 Å². The molecule has 0 aliphatic carbocycles. The number of nitrogens with one attached hydrogen (secondary N) is 3. The zero-order valence-electron chi connectivity index (χ0n) is 24.2. The minimum Gasteiger partial charge on any atom is -0.492 e. The number of rotatable bonds is 9. The van der Waals surface area contributed by atoms with Gasteiger partial charge in [0.2, 0.25) is 10.0 Å². The highest BCUT2D eigenvalue weighted by Gasteiger charge is 2.23. The molecule has 2 heterocycles. The first-order valence-electron chi connectivity index (χ1n) is 13.0. The van der Waals surface area contributed by atoms with Crippen LogP contribution in [0, 0.1) is 6.92 Å². The van der Waals surface area contributed by atoms with Gasteiger partial charge in [0.15, 0.2) is 11.4 Å². The lowest BCUT2D eigenvalue weighted by atomic mass is 9.86. The van der Waals surface area contributed by atoms with Crippen LogP contribution in [0.2, 0.25) is 0 Å². The van der Waals surface area contributed by atoms with E-state index in [0.717, 1.165) is 22.9 Å². The highest BCUT2D eigenvalue weighted by atomic mass is 32.2. The fourth-order valence-electron chi connectivity index (χ4n) is 4.10. The number of pyridine rings is 1. The second kappa shape index (κ2) is 12.0. The molecule has 13 heteroatoms. The summed E-state index contributed by atoms with van der Waals surface area (Å²) >= 11 is 0. The first kappa shape index (κ1) is 30.2. The fourth-order valence-corrected chi connectivity index (χ4v) is 4.65. The van der Waals surface area contributed by atoms with E-state index in [1.807, 2.05) is 33.8 Å². The van der Waals surface area contributed by atoms with E-state index in [1.54, 1.807) is 48.8 Å². The van der Waals surface area contributed by atoms with Crippen molar-refractivity contribution < 1.29 is 22.7 Å². The molecule has 0 atom stereocenters. The van der Waals surface area contributed by atoms with Gasteiger partial charge < -0.3 is 15.4 Å². The zero-order chi connectivity index (χ0) is 30.7. The largest absolute Gasteiger partial charge is 0.492 e. The Morgan fingerprint density at radius 1 is 1.05 bits per heavy atom. The van der Waals surface area contributed by atoms with Gasteiger partial charge in [0.1, 0.15) is 0 Å².